The number of halogens is 3. The lowest BCUT2D eigenvalue weighted by Crippen LogP contribution is -2.19. The van der Waals surface area contributed by atoms with Gasteiger partial charge in [0.2, 0.25) is 0 Å². The highest BCUT2D eigenvalue weighted by Gasteiger charge is 2.18. The van der Waals surface area contributed by atoms with E-state index in [9.17, 15) is 19.0 Å². The van der Waals surface area contributed by atoms with Gasteiger partial charge in [-0.15, -0.1) is 0 Å². The minimum atomic E-state index is -1.29. The molecule has 0 fully saturated rings. The molecule has 1 rings (SSSR count). The Labute approximate surface area is 88.3 Å². The third-order valence-electron chi connectivity index (χ3n) is 1.75. The summed E-state index contributed by atoms with van der Waals surface area (Å²) in [5.74, 6) is -1.55. The molecule has 0 aliphatic rings. The summed E-state index contributed by atoms with van der Waals surface area (Å²) in [5, 5.41) is 18.8. The first-order valence-electron chi connectivity index (χ1n) is 3.92. The molecule has 0 radical (unpaired) electrons. The predicted molar refractivity (Wildman–Crippen MR) is 51.1 cm³/mol. The van der Waals surface area contributed by atoms with Gasteiger partial charge in [-0.25, -0.2) is 8.78 Å². The maximum Gasteiger partial charge on any atom is 0.126 e. The molecule has 0 saturated carbocycles. The number of hydrogen-bond acceptors (Lipinski definition) is 2. The topological polar surface area (TPSA) is 40.5 Å². The molecule has 2 nitrogen and oxygen atoms in total. The van der Waals surface area contributed by atoms with E-state index in [1.54, 1.807) is 0 Å². The van der Waals surface area contributed by atoms with E-state index in [0.717, 1.165) is 12.1 Å². The summed E-state index contributed by atoms with van der Waals surface area (Å²) < 4.78 is 25.4. The van der Waals surface area contributed by atoms with Crippen LogP contribution in [0.25, 0.3) is 0 Å². The molecule has 0 heterocycles. The Kier molecular flexibility index (Phi) is 3.97. The van der Waals surface area contributed by atoms with Gasteiger partial charge in [0.15, 0.2) is 0 Å². The van der Waals surface area contributed by atoms with E-state index in [2.05, 4.69) is 15.9 Å². The fourth-order valence-electron chi connectivity index (χ4n) is 1.05. The SMILES string of the molecule is OC(CBr)C(O)c1cc(F)cc(F)c1. The van der Waals surface area contributed by atoms with Crippen LogP contribution in [-0.4, -0.2) is 21.6 Å². The zero-order chi connectivity index (χ0) is 10.7. The number of aliphatic hydroxyl groups excluding tert-OH is 2. The van der Waals surface area contributed by atoms with Crippen LogP contribution < -0.4 is 0 Å². The molecule has 0 saturated heterocycles. The number of benzene rings is 1. The average molecular weight is 267 g/mol. The molecule has 1 aromatic carbocycles. The number of aliphatic hydroxyl groups is 2. The van der Waals surface area contributed by atoms with E-state index in [-0.39, 0.29) is 10.9 Å². The van der Waals surface area contributed by atoms with Crippen LogP contribution in [0.5, 0.6) is 0 Å². The van der Waals surface area contributed by atoms with Gasteiger partial charge in [-0.05, 0) is 17.7 Å². The highest BCUT2D eigenvalue weighted by Crippen LogP contribution is 2.20. The van der Waals surface area contributed by atoms with Gasteiger partial charge in [-0.3, -0.25) is 0 Å². The molecule has 0 bridgehead atoms. The molecule has 14 heavy (non-hydrogen) atoms. The maximum absolute atomic E-state index is 12.7. The summed E-state index contributed by atoms with van der Waals surface area (Å²) in [6, 6.07) is 2.68. The van der Waals surface area contributed by atoms with Crippen LogP contribution >= 0.6 is 15.9 Å². The minimum absolute atomic E-state index is 0.0226. The van der Waals surface area contributed by atoms with Crippen LogP contribution in [0, 0.1) is 11.6 Å². The van der Waals surface area contributed by atoms with E-state index in [1.165, 1.54) is 0 Å². The van der Waals surface area contributed by atoms with Gasteiger partial charge >= 0.3 is 0 Å². The molecule has 0 aliphatic carbocycles. The molecule has 5 heteroatoms. The standard InChI is InChI=1S/C9H9BrF2O2/c10-4-8(13)9(14)5-1-6(11)3-7(12)2-5/h1-3,8-9,13-14H,4H2. The average Bonchev–Trinajstić information content (AvgIpc) is 2.14. The molecule has 2 unspecified atom stereocenters. The van der Waals surface area contributed by atoms with Crippen LogP contribution in [0.4, 0.5) is 8.78 Å². The summed E-state index contributed by atoms with van der Waals surface area (Å²) in [5.41, 5.74) is 0.0226. The quantitative estimate of drug-likeness (QED) is 0.819. The zero-order valence-corrected chi connectivity index (χ0v) is 8.71. The van der Waals surface area contributed by atoms with Gasteiger partial charge in [-0.2, -0.15) is 0 Å². The van der Waals surface area contributed by atoms with E-state index in [4.69, 9.17) is 0 Å². The normalized spacial score (nSPS) is 15.2. The van der Waals surface area contributed by atoms with Gasteiger partial charge in [0, 0.05) is 11.4 Å². The van der Waals surface area contributed by atoms with E-state index in [0.29, 0.717) is 6.07 Å². The first-order valence-corrected chi connectivity index (χ1v) is 5.05. The molecular weight excluding hydrogens is 258 g/mol. The highest BCUT2D eigenvalue weighted by molar-refractivity contribution is 9.09. The lowest BCUT2D eigenvalue weighted by Gasteiger charge is -2.15. The van der Waals surface area contributed by atoms with E-state index >= 15 is 0 Å². The zero-order valence-electron chi connectivity index (χ0n) is 7.12. The Morgan fingerprint density at radius 2 is 1.64 bits per heavy atom. The second-order valence-corrected chi connectivity index (χ2v) is 3.52. The molecule has 0 amide bonds. The van der Waals surface area contributed by atoms with Crippen LogP contribution in [0.2, 0.25) is 0 Å². The van der Waals surface area contributed by atoms with Crippen LogP contribution in [0.1, 0.15) is 11.7 Å². The number of alkyl halides is 1. The van der Waals surface area contributed by atoms with Gasteiger partial charge in [-0.1, -0.05) is 15.9 Å². The molecule has 0 spiro atoms. The van der Waals surface area contributed by atoms with Gasteiger partial charge in [0.1, 0.15) is 17.7 Å². The molecule has 0 aliphatic heterocycles. The Morgan fingerprint density at radius 3 is 2.07 bits per heavy atom. The fourth-order valence-corrected chi connectivity index (χ4v) is 1.41. The van der Waals surface area contributed by atoms with Gasteiger partial charge < -0.3 is 10.2 Å². The number of hydrogen-bond donors (Lipinski definition) is 2. The summed E-state index contributed by atoms with van der Waals surface area (Å²) in [7, 11) is 0. The Bertz CT molecular complexity index is 299. The monoisotopic (exact) mass is 266 g/mol. The third kappa shape index (κ3) is 2.73. The smallest absolute Gasteiger partial charge is 0.126 e. The third-order valence-corrected chi connectivity index (χ3v) is 2.41. The fraction of sp³-hybridized carbons (Fsp3) is 0.333. The van der Waals surface area contributed by atoms with Crippen molar-refractivity contribution in [2.24, 2.45) is 0 Å². The molecule has 0 aromatic heterocycles. The van der Waals surface area contributed by atoms with Crippen LogP contribution in [0.15, 0.2) is 18.2 Å². The van der Waals surface area contributed by atoms with Crippen molar-refractivity contribution in [3.05, 3.63) is 35.4 Å². The lowest BCUT2D eigenvalue weighted by atomic mass is 10.1. The largest absolute Gasteiger partial charge is 0.389 e. The van der Waals surface area contributed by atoms with Crippen molar-refractivity contribution in [3.8, 4) is 0 Å². The molecule has 2 atom stereocenters. The summed E-state index contributed by atoms with van der Waals surface area (Å²) in [6.07, 6.45) is -2.38. The van der Waals surface area contributed by atoms with Crippen LogP contribution in [-0.2, 0) is 0 Å². The summed E-state index contributed by atoms with van der Waals surface area (Å²) >= 11 is 2.95. The Hall–Kier alpha value is -0.520. The van der Waals surface area contributed by atoms with E-state index < -0.39 is 23.8 Å². The first kappa shape index (κ1) is 11.6. The maximum atomic E-state index is 12.7. The van der Waals surface area contributed by atoms with Crippen molar-refractivity contribution in [2.75, 3.05) is 5.33 Å². The molecule has 1 aromatic rings. The summed E-state index contributed by atoms with van der Waals surface area (Å²) in [4.78, 5) is 0. The Balaban J connectivity index is 2.94. The van der Waals surface area contributed by atoms with Crippen molar-refractivity contribution in [1.29, 1.82) is 0 Å². The minimum Gasteiger partial charge on any atom is -0.389 e. The van der Waals surface area contributed by atoms with Crippen LogP contribution in [0.3, 0.4) is 0 Å². The summed E-state index contributed by atoms with van der Waals surface area (Å²) in [6.45, 7) is 0. The molecular formula is C9H9BrF2O2. The number of rotatable bonds is 3. The lowest BCUT2D eigenvalue weighted by molar-refractivity contribution is 0.0339. The van der Waals surface area contributed by atoms with Crippen molar-refractivity contribution >= 4 is 15.9 Å². The van der Waals surface area contributed by atoms with E-state index in [1.807, 2.05) is 0 Å². The molecule has 2 N–H and O–H groups in total. The van der Waals surface area contributed by atoms with Crippen molar-refractivity contribution < 1.29 is 19.0 Å². The second kappa shape index (κ2) is 4.82. The van der Waals surface area contributed by atoms with Crippen molar-refractivity contribution in [3.63, 3.8) is 0 Å². The predicted octanol–water partition coefficient (Wildman–Crippen LogP) is 1.75. The second-order valence-electron chi connectivity index (χ2n) is 2.87. The van der Waals surface area contributed by atoms with Gasteiger partial charge in [0.05, 0.1) is 6.10 Å². The highest BCUT2D eigenvalue weighted by atomic mass is 79.9. The molecule has 78 valence electrons. The van der Waals surface area contributed by atoms with Crippen molar-refractivity contribution in [2.45, 2.75) is 12.2 Å². The van der Waals surface area contributed by atoms with Crippen molar-refractivity contribution in [1.82, 2.24) is 0 Å². The first-order chi connectivity index (χ1) is 6.54. The Morgan fingerprint density at radius 1 is 1.14 bits per heavy atom. The van der Waals surface area contributed by atoms with Gasteiger partial charge in [0.25, 0.3) is 0 Å².